The van der Waals surface area contributed by atoms with Crippen molar-refractivity contribution < 1.29 is 14.3 Å². The van der Waals surface area contributed by atoms with E-state index < -0.39 is 11.9 Å². The predicted molar refractivity (Wildman–Crippen MR) is 71.5 cm³/mol. The van der Waals surface area contributed by atoms with Crippen LogP contribution in [0.2, 0.25) is 0 Å². The van der Waals surface area contributed by atoms with Crippen LogP contribution >= 0.6 is 0 Å². The maximum absolute atomic E-state index is 12.0. The second-order valence-corrected chi connectivity index (χ2v) is 4.67. The molecule has 1 rings (SSSR count). The van der Waals surface area contributed by atoms with Gasteiger partial charge in [-0.05, 0) is 13.3 Å². The normalized spacial score (nSPS) is 21.9. The number of primary amides is 1. The zero-order valence-electron chi connectivity index (χ0n) is 11.6. The van der Waals surface area contributed by atoms with Crippen LogP contribution in [0, 0.1) is 0 Å². The minimum absolute atomic E-state index is 0.0794. The average Bonchev–Trinajstić information content (AvgIpc) is 2.42. The summed E-state index contributed by atoms with van der Waals surface area (Å²) in [7, 11) is 1.63. The first kappa shape index (κ1) is 15.9. The summed E-state index contributed by atoms with van der Waals surface area (Å²) >= 11 is 0. The van der Waals surface area contributed by atoms with Gasteiger partial charge in [-0.1, -0.05) is 0 Å². The molecule has 0 saturated carbocycles. The van der Waals surface area contributed by atoms with Gasteiger partial charge in [0.1, 0.15) is 6.04 Å². The number of methoxy groups -OCH3 is 1. The molecule has 0 aromatic carbocycles. The lowest BCUT2D eigenvalue weighted by Gasteiger charge is -2.37. The van der Waals surface area contributed by atoms with Crippen LogP contribution < -0.4 is 16.4 Å². The van der Waals surface area contributed by atoms with Crippen molar-refractivity contribution in [2.24, 2.45) is 5.73 Å². The Labute approximate surface area is 113 Å². The van der Waals surface area contributed by atoms with Gasteiger partial charge >= 0.3 is 0 Å². The zero-order chi connectivity index (χ0) is 14.3. The Hall–Kier alpha value is -1.18. The molecule has 0 bridgehead atoms. The second kappa shape index (κ2) is 8.08. The Kier molecular flexibility index (Phi) is 6.75. The minimum Gasteiger partial charge on any atom is -0.385 e. The quantitative estimate of drug-likeness (QED) is 0.479. The van der Waals surface area contributed by atoms with Gasteiger partial charge in [0, 0.05) is 39.9 Å². The van der Waals surface area contributed by atoms with Gasteiger partial charge in [0.2, 0.25) is 11.8 Å². The smallest absolute Gasteiger partial charge is 0.237 e. The molecule has 1 saturated heterocycles. The summed E-state index contributed by atoms with van der Waals surface area (Å²) in [6.45, 7) is 4.88. The molecule has 0 radical (unpaired) electrons. The van der Waals surface area contributed by atoms with Crippen LogP contribution in [0.1, 0.15) is 13.3 Å². The van der Waals surface area contributed by atoms with Gasteiger partial charge in [0.05, 0.1) is 6.04 Å². The molecule has 7 nitrogen and oxygen atoms in total. The third kappa shape index (κ3) is 4.77. The number of nitrogens with zero attached hydrogens (tertiary/aromatic N) is 1. The summed E-state index contributed by atoms with van der Waals surface area (Å²) in [6.07, 6.45) is 0.774. The van der Waals surface area contributed by atoms with Crippen LogP contribution in [0.25, 0.3) is 0 Å². The highest BCUT2D eigenvalue weighted by atomic mass is 16.5. The Balaban J connectivity index is 2.46. The summed E-state index contributed by atoms with van der Waals surface area (Å²) in [5, 5.41) is 5.95. The summed E-state index contributed by atoms with van der Waals surface area (Å²) < 4.78 is 4.92. The largest absolute Gasteiger partial charge is 0.385 e. The van der Waals surface area contributed by atoms with Gasteiger partial charge in [0.25, 0.3) is 0 Å². The van der Waals surface area contributed by atoms with E-state index in [0.29, 0.717) is 26.2 Å². The molecule has 7 heteroatoms. The van der Waals surface area contributed by atoms with Gasteiger partial charge in [-0.25, -0.2) is 0 Å². The van der Waals surface area contributed by atoms with Crippen molar-refractivity contribution in [1.82, 2.24) is 15.5 Å². The standard InChI is InChI=1S/C12H24N4O3/c1-9(12(18)15-4-3-7-19-2)16-6-5-14-8-10(16)11(13)17/h9-10,14H,3-8H2,1-2H3,(H2,13,17)(H,15,18). The Morgan fingerprint density at radius 2 is 2.32 bits per heavy atom. The molecule has 2 atom stereocenters. The summed E-state index contributed by atoms with van der Waals surface area (Å²) in [5.41, 5.74) is 5.37. The lowest BCUT2D eigenvalue weighted by molar-refractivity contribution is -0.131. The van der Waals surface area contributed by atoms with E-state index >= 15 is 0 Å². The summed E-state index contributed by atoms with van der Waals surface area (Å²) in [6, 6.07) is -0.782. The monoisotopic (exact) mass is 272 g/mol. The van der Waals surface area contributed by atoms with Crippen molar-refractivity contribution in [3.63, 3.8) is 0 Å². The minimum atomic E-state index is -0.423. The van der Waals surface area contributed by atoms with Crippen molar-refractivity contribution in [3.8, 4) is 0 Å². The van der Waals surface area contributed by atoms with E-state index in [0.717, 1.165) is 13.0 Å². The number of ether oxygens (including phenoxy) is 1. The molecule has 1 fully saturated rings. The first-order valence-corrected chi connectivity index (χ1v) is 6.60. The number of hydrogen-bond acceptors (Lipinski definition) is 5. The molecule has 4 N–H and O–H groups in total. The Morgan fingerprint density at radius 1 is 1.58 bits per heavy atom. The van der Waals surface area contributed by atoms with Crippen LogP contribution in [0.15, 0.2) is 0 Å². The average molecular weight is 272 g/mol. The number of carbonyl (C=O) groups excluding carboxylic acids is 2. The third-order valence-electron chi connectivity index (χ3n) is 3.31. The molecule has 1 aliphatic rings. The van der Waals surface area contributed by atoms with Gasteiger partial charge < -0.3 is 21.1 Å². The van der Waals surface area contributed by atoms with Crippen LogP contribution in [0.4, 0.5) is 0 Å². The van der Waals surface area contributed by atoms with Gasteiger partial charge in [-0.3, -0.25) is 14.5 Å². The molecule has 0 aromatic rings. The molecule has 0 aromatic heterocycles. The third-order valence-corrected chi connectivity index (χ3v) is 3.31. The lowest BCUT2D eigenvalue weighted by Crippen LogP contribution is -2.62. The molecule has 2 unspecified atom stereocenters. The molecule has 0 aliphatic carbocycles. The van der Waals surface area contributed by atoms with Crippen LogP contribution in [0.5, 0.6) is 0 Å². The molecule has 1 aliphatic heterocycles. The first-order valence-electron chi connectivity index (χ1n) is 6.60. The highest BCUT2D eigenvalue weighted by Crippen LogP contribution is 2.08. The number of nitrogens with one attached hydrogen (secondary N) is 2. The maximum Gasteiger partial charge on any atom is 0.237 e. The van der Waals surface area contributed by atoms with Crippen molar-refractivity contribution in [1.29, 1.82) is 0 Å². The van der Waals surface area contributed by atoms with Crippen LogP contribution in [-0.4, -0.2) is 68.7 Å². The fraction of sp³-hybridized carbons (Fsp3) is 0.833. The van der Waals surface area contributed by atoms with E-state index in [9.17, 15) is 9.59 Å². The van der Waals surface area contributed by atoms with Gasteiger partial charge in [-0.2, -0.15) is 0 Å². The Morgan fingerprint density at radius 3 is 2.95 bits per heavy atom. The van der Waals surface area contributed by atoms with Gasteiger partial charge in [-0.15, -0.1) is 0 Å². The molecule has 1 heterocycles. The van der Waals surface area contributed by atoms with E-state index in [4.69, 9.17) is 10.5 Å². The highest BCUT2D eigenvalue weighted by molar-refractivity contribution is 5.84. The van der Waals surface area contributed by atoms with E-state index in [-0.39, 0.29) is 11.9 Å². The van der Waals surface area contributed by atoms with Crippen molar-refractivity contribution in [2.75, 3.05) is 39.9 Å². The van der Waals surface area contributed by atoms with Crippen LogP contribution in [-0.2, 0) is 14.3 Å². The molecular weight excluding hydrogens is 248 g/mol. The number of nitrogens with two attached hydrogens (primary N) is 1. The fourth-order valence-corrected chi connectivity index (χ4v) is 2.17. The first-order chi connectivity index (χ1) is 9.07. The zero-order valence-corrected chi connectivity index (χ0v) is 11.6. The molecule has 0 spiro atoms. The van der Waals surface area contributed by atoms with Crippen LogP contribution in [0.3, 0.4) is 0 Å². The van der Waals surface area contributed by atoms with E-state index in [1.54, 1.807) is 14.0 Å². The van der Waals surface area contributed by atoms with E-state index in [1.165, 1.54) is 0 Å². The number of rotatable bonds is 7. The topological polar surface area (TPSA) is 96.7 Å². The summed E-state index contributed by atoms with van der Waals surface area (Å²) in [5.74, 6) is -0.476. The number of piperazine rings is 1. The molecule has 2 amide bonds. The van der Waals surface area contributed by atoms with E-state index in [2.05, 4.69) is 10.6 Å². The molecular formula is C12H24N4O3. The second-order valence-electron chi connectivity index (χ2n) is 4.67. The van der Waals surface area contributed by atoms with E-state index in [1.807, 2.05) is 4.90 Å². The fourth-order valence-electron chi connectivity index (χ4n) is 2.17. The van der Waals surface area contributed by atoms with Crippen molar-refractivity contribution >= 4 is 11.8 Å². The predicted octanol–water partition coefficient (Wildman–Crippen LogP) is -1.71. The SMILES string of the molecule is COCCCNC(=O)C(C)N1CCNCC1C(N)=O. The lowest BCUT2D eigenvalue weighted by atomic mass is 10.1. The molecule has 19 heavy (non-hydrogen) atoms. The maximum atomic E-state index is 12.0. The van der Waals surface area contributed by atoms with Crippen molar-refractivity contribution in [3.05, 3.63) is 0 Å². The van der Waals surface area contributed by atoms with Gasteiger partial charge in [0.15, 0.2) is 0 Å². The molecule has 110 valence electrons. The Bertz CT molecular complexity index is 311. The van der Waals surface area contributed by atoms with Crippen molar-refractivity contribution in [2.45, 2.75) is 25.4 Å². The number of amides is 2. The highest BCUT2D eigenvalue weighted by Gasteiger charge is 2.33. The number of carbonyl (C=O) groups is 2. The number of hydrogen-bond donors (Lipinski definition) is 3. The summed E-state index contributed by atoms with van der Waals surface area (Å²) in [4.78, 5) is 25.2.